The van der Waals surface area contributed by atoms with Crippen molar-refractivity contribution in [2.45, 2.75) is 31.1 Å². The van der Waals surface area contributed by atoms with Crippen LogP contribution in [0, 0.1) is 17.6 Å². The molecule has 1 saturated carbocycles. The molecule has 1 aliphatic heterocycles. The molecule has 2 fully saturated rings. The van der Waals surface area contributed by atoms with Gasteiger partial charge in [-0.15, -0.1) is 0 Å². The van der Waals surface area contributed by atoms with Crippen molar-refractivity contribution in [3.63, 3.8) is 0 Å². The largest absolute Gasteiger partial charge is 0.350 e. The fourth-order valence-electron chi connectivity index (χ4n) is 4.89. The van der Waals surface area contributed by atoms with E-state index in [4.69, 9.17) is 0 Å². The number of hydrogen-bond acceptors (Lipinski definition) is 3. The Labute approximate surface area is 204 Å². The van der Waals surface area contributed by atoms with Gasteiger partial charge in [0.1, 0.15) is 17.8 Å². The molecular weight excluding hydrogens is 469 g/mol. The molecule has 4 atom stereocenters. The molecular formula is C27H21F3N4O2. The molecule has 2 heterocycles. The molecule has 0 radical (unpaired) electrons. The van der Waals surface area contributed by atoms with E-state index in [1.165, 1.54) is 24.3 Å². The summed E-state index contributed by atoms with van der Waals surface area (Å²) in [6, 6.07) is 16.0. The second kappa shape index (κ2) is 8.51. The summed E-state index contributed by atoms with van der Waals surface area (Å²) in [6.07, 6.45) is 0.724. The van der Waals surface area contributed by atoms with E-state index < -0.39 is 35.9 Å². The lowest BCUT2D eigenvalue weighted by atomic mass is 9.99. The van der Waals surface area contributed by atoms with E-state index in [0.29, 0.717) is 16.9 Å². The summed E-state index contributed by atoms with van der Waals surface area (Å²) in [5.74, 6) is -2.07. The number of fused-ring (bicyclic) bond motifs is 1. The predicted molar refractivity (Wildman–Crippen MR) is 127 cm³/mol. The minimum Gasteiger partial charge on any atom is -0.350 e. The molecule has 1 aromatic heterocycles. The zero-order valence-electron chi connectivity index (χ0n) is 18.9. The second-order valence-corrected chi connectivity index (χ2v) is 9.21. The van der Waals surface area contributed by atoms with E-state index in [1.54, 1.807) is 46.1 Å². The molecule has 4 aromatic rings. The highest BCUT2D eigenvalue weighted by molar-refractivity contribution is 6.00. The van der Waals surface area contributed by atoms with Gasteiger partial charge < -0.3 is 10.2 Å². The van der Waals surface area contributed by atoms with Crippen LogP contribution in [0.1, 0.15) is 24.4 Å². The number of rotatable bonds is 5. The monoisotopic (exact) mass is 490 g/mol. The highest BCUT2D eigenvalue weighted by Crippen LogP contribution is 2.40. The van der Waals surface area contributed by atoms with Crippen molar-refractivity contribution in [1.29, 1.82) is 0 Å². The Bertz CT molecular complexity index is 1470. The summed E-state index contributed by atoms with van der Waals surface area (Å²) in [5.41, 5.74) is 2.70. The maximum absolute atomic E-state index is 13.7. The standard InChI is InChI=1S/C27H21F3N4O2/c28-17-3-1-15(2-4-17)26-23(32-27(36)21-12-22(21)30)13-25(35)33(26)20-9-10-24-16(11-20)14-31-34(24)19-7-5-18(29)6-8-19/h1-11,14,21-23,26H,12-13H2,(H,32,36)/t21-,22+,23+,26?/m1/s1. The van der Waals surface area contributed by atoms with E-state index in [-0.39, 0.29) is 24.6 Å². The van der Waals surface area contributed by atoms with Gasteiger partial charge in [0.05, 0.1) is 35.4 Å². The summed E-state index contributed by atoms with van der Waals surface area (Å²) in [4.78, 5) is 27.3. The Hall–Kier alpha value is -4.14. The zero-order valence-corrected chi connectivity index (χ0v) is 18.9. The molecule has 1 unspecified atom stereocenters. The molecule has 36 heavy (non-hydrogen) atoms. The number of nitrogens with zero attached hydrogens (tertiary/aromatic N) is 3. The minimum atomic E-state index is -1.15. The number of hydrogen-bond donors (Lipinski definition) is 1. The number of carbonyl (C=O) groups is 2. The number of halogens is 3. The normalized spacial score (nSPS) is 23.3. The molecule has 6 rings (SSSR count). The number of anilines is 1. The van der Waals surface area contributed by atoms with Gasteiger partial charge in [0, 0.05) is 17.5 Å². The van der Waals surface area contributed by atoms with Crippen LogP contribution in [-0.4, -0.2) is 33.8 Å². The van der Waals surface area contributed by atoms with Crippen LogP contribution in [0.25, 0.3) is 16.6 Å². The molecule has 1 N–H and O–H groups in total. The molecule has 1 saturated heterocycles. The summed E-state index contributed by atoms with van der Waals surface area (Å²) >= 11 is 0. The van der Waals surface area contributed by atoms with E-state index in [9.17, 15) is 22.8 Å². The van der Waals surface area contributed by atoms with Crippen LogP contribution < -0.4 is 10.2 Å². The number of aromatic nitrogens is 2. The molecule has 2 aliphatic rings. The van der Waals surface area contributed by atoms with Gasteiger partial charge in [-0.3, -0.25) is 9.59 Å². The van der Waals surface area contributed by atoms with Crippen molar-refractivity contribution in [2.75, 3.05) is 4.90 Å². The topological polar surface area (TPSA) is 67.2 Å². The van der Waals surface area contributed by atoms with Crippen molar-refractivity contribution >= 4 is 28.4 Å². The van der Waals surface area contributed by atoms with Crippen molar-refractivity contribution in [3.05, 3.63) is 90.1 Å². The van der Waals surface area contributed by atoms with Gasteiger partial charge in [-0.25, -0.2) is 17.9 Å². The highest BCUT2D eigenvalue weighted by atomic mass is 19.1. The Kier molecular flexibility index (Phi) is 5.28. The SMILES string of the molecule is O=C(N[C@H]1CC(=O)N(c2ccc3c(cnn3-c3ccc(F)cc3)c2)C1c1ccc(F)cc1)[C@@H]1C[C@@H]1F. The van der Waals surface area contributed by atoms with E-state index in [1.807, 2.05) is 12.1 Å². The lowest BCUT2D eigenvalue weighted by Gasteiger charge is -2.29. The Morgan fingerprint density at radius 1 is 0.944 bits per heavy atom. The van der Waals surface area contributed by atoms with E-state index >= 15 is 0 Å². The summed E-state index contributed by atoms with van der Waals surface area (Å²) in [7, 11) is 0. The number of nitrogens with one attached hydrogen (secondary N) is 1. The van der Waals surface area contributed by atoms with E-state index in [2.05, 4.69) is 10.4 Å². The van der Waals surface area contributed by atoms with Crippen molar-refractivity contribution < 1.29 is 22.8 Å². The fourth-order valence-corrected chi connectivity index (χ4v) is 4.89. The van der Waals surface area contributed by atoms with Gasteiger partial charge in [0.2, 0.25) is 11.8 Å². The van der Waals surface area contributed by atoms with Crippen LogP contribution in [0.15, 0.2) is 72.9 Å². The first kappa shape index (κ1) is 22.3. The second-order valence-electron chi connectivity index (χ2n) is 9.21. The first-order valence-corrected chi connectivity index (χ1v) is 11.6. The van der Waals surface area contributed by atoms with Gasteiger partial charge in [0.15, 0.2) is 0 Å². The average molecular weight is 490 g/mol. The lowest BCUT2D eigenvalue weighted by Crippen LogP contribution is -2.41. The van der Waals surface area contributed by atoms with Crippen LogP contribution >= 0.6 is 0 Å². The van der Waals surface area contributed by atoms with Crippen LogP contribution in [0.3, 0.4) is 0 Å². The lowest BCUT2D eigenvalue weighted by molar-refractivity contribution is -0.123. The Morgan fingerprint density at radius 2 is 1.58 bits per heavy atom. The summed E-state index contributed by atoms with van der Waals surface area (Å²) in [6.45, 7) is 0. The van der Waals surface area contributed by atoms with Gasteiger partial charge in [0.25, 0.3) is 0 Å². The third-order valence-corrected chi connectivity index (χ3v) is 6.81. The molecule has 1 aliphatic carbocycles. The predicted octanol–water partition coefficient (Wildman–Crippen LogP) is 4.62. The third kappa shape index (κ3) is 3.90. The van der Waals surface area contributed by atoms with Gasteiger partial charge >= 0.3 is 0 Å². The first-order chi connectivity index (χ1) is 17.4. The van der Waals surface area contributed by atoms with Crippen LogP contribution in [0.4, 0.5) is 18.9 Å². The molecule has 182 valence electrons. The smallest absolute Gasteiger partial charge is 0.229 e. The molecule has 3 aromatic carbocycles. The molecule has 9 heteroatoms. The van der Waals surface area contributed by atoms with Crippen LogP contribution in [-0.2, 0) is 9.59 Å². The number of amides is 2. The Balaban J connectivity index is 1.37. The van der Waals surface area contributed by atoms with Gasteiger partial charge in [-0.2, -0.15) is 5.10 Å². The summed E-state index contributed by atoms with van der Waals surface area (Å²) in [5, 5.41) is 8.02. The third-order valence-electron chi connectivity index (χ3n) is 6.81. The molecule has 6 nitrogen and oxygen atoms in total. The highest BCUT2D eigenvalue weighted by Gasteiger charge is 2.48. The summed E-state index contributed by atoms with van der Waals surface area (Å²) < 4.78 is 42.1. The molecule has 0 spiro atoms. The number of carbonyl (C=O) groups excluding carboxylic acids is 2. The fraction of sp³-hybridized carbons (Fsp3) is 0.222. The Morgan fingerprint density at radius 3 is 2.25 bits per heavy atom. The van der Waals surface area contributed by atoms with Gasteiger partial charge in [-0.1, -0.05) is 12.1 Å². The van der Waals surface area contributed by atoms with Crippen LogP contribution in [0.5, 0.6) is 0 Å². The maximum atomic E-state index is 13.7. The zero-order chi connectivity index (χ0) is 25.0. The number of benzene rings is 3. The van der Waals surface area contributed by atoms with E-state index in [0.717, 1.165) is 10.9 Å². The quantitative estimate of drug-likeness (QED) is 0.444. The number of alkyl halides is 1. The first-order valence-electron chi connectivity index (χ1n) is 11.6. The van der Waals surface area contributed by atoms with Crippen LogP contribution in [0.2, 0.25) is 0 Å². The average Bonchev–Trinajstić information content (AvgIpc) is 3.32. The van der Waals surface area contributed by atoms with Crippen molar-refractivity contribution in [2.24, 2.45) is 5.92 Å². The molecule has 0 bridgehead atoms. The van der Waals surface area contributed by atoms with Crippen molar-refractivity contribution in [1.82, 2.24) is 15.1 Å². The van der Waals surface area contributed by atoms with Gasteiger partial charge in [-0.05, 0) is 66.6 Å². The molecule has 2 amide bonds. The van der Waals surface area contributed by atoms with Crippen molar-refractivity contribution in [3.8, 4) is 5.69 Å². The minimum absolute atomic E-state index is 0.0321. The maximum Gasteiger partial charge on any atom is 0.229 e.